The first kappa shape index (κ1) is 20.6. The van der Waals surface area contributed by atoms with Crippen molar-refractivity contribution in [2.24, 2.45) is 11.8 Å². The second-order valence-electron chi connectivity index (χ2n) is 9.47. The van der Waals surface area contributed by atoms with Gasteiger partial charge in [0.2, 0.25) is 0 Å². The van der Waals surface area contributed by atoms with Gasteiger partial charge < -0.3 is 0 Å². The average molecular weight is 394 g/mol. The van der Waals surface area contributed by atoms with Crippen molar-refractivity contribution in [1.82, 2.24) is 4.98 Å². The number of halogens is 1. The van der Waals surface area contributed by atoms with E-state index in [2.05, 4.69) is 31.0 Å². The fraction of sp³-hybridized carbons (Fsp3) is 0.593. The summed E-state index contributed by atoms with van der Waals surface area (Å²) in [5.41, 5.74) is 3.89. The van der Waals surface area contributed by atoms with E-state index in [9.17, 15) is 4.39 Å². The molecule has 0 bridgehead atoms. The molecule has 2 aliphatic carbocycles. The maximum atomic E-state index is 14.9. The predicted octanol–water partition coefficient (Wildman–Crippen LogP) is 8.26. The number of pyridine rings is 1. The van der Waals surface area contributed by atoms with Crippen LogP contribution in [0.4, 0.5) is 4.39 Å². The summed E-state index contributed by atoms with van der Waals surface area (Å²) in [6, 6.07) is 10.1. The van der Waals surface area contributed by atoms with Crippen LogP contribution in [0.5, 0.6) is 0 Å². The van der Waals surface area contributed by atoms with E-state index in [1.807, 2.05) is 18.3 Å². The van der Waals surface area contributed by atoms with Crippen LogP contribution in [0.1, 0.15) is 101 Å². The van der Waals surface area contributed by atoms with Gasteiger partial charge in [-0.15, -0.1) is 0 Å². The third-order valence-electron chi connectivity index (χ3n) is 7.85. The number of hydrogen-bond acceptors (Lipinski definition) is 1. The fourth-order valence-electron chi connectivity index (χ4n) is 5.61. The average Bonchev–Trinajstić information content (AvgIpc) is 2.79. The summed E-state index contributed by atoms with van der Waals surface area (Å²) in [7, 11) is 0. The molecule has 1 nitrogen and oxygen atoms in total. The molecule has 2 saturated carbocycles. The van der Waals surface area contributed by atoms with Gasteiger partial charge in [0.25, 0.3) is 0 Å². The van der Waals surface area contributed by atoms with Crippen molar-refractivity contribution in [2.45, 2.75) is 89.9 Å². The Morgan fingerprint density at radius 3 is 1.79 bits per heavy atom. The summed E-state index contributed by atoms with van der Waals surface area (Å²) in [4.78, 5) is 4.65. The molecule has 0 unspecified atom stereocenters. The largest absolute Gasteiger partial charge is 0.256 e. The van der Waals surface area contributed by atoms with E-state index in [1.54, 1.807) is 6.07 Å². The molecule has 0 atom stereocenters. The first-order valence-corrected chi connectivity index (χ1v) is 11.9. The summed E-state index contributed by atoms with van der Waals surface area (Å²) >= 11 is 0. The Morgan fingerprint density at radius 1 is 0.759 bits per heavy atom. The van der Waals surface area contributed by atoms with E-state index in [-0.39, 0.29) is 5.82 Å². The molecule has 1 aromatic carbocycles. The molecular weight excluding hydrogens is 357 g/mol. The zero-order valence-corrected chi connectivity index (χ0v) is 18.2. The lowest BCUT2D eigenvalue weighted by molar-refractivity contribution is 0.318. The molecular formula is C27H36FN. The maximum Gasteiger partial charge on any atom is 0.132 e. The van der Waals surface area contributed by atoms with Crippen molar-refractivity contribution in [3.8, 4) is 11.3 Å². The van der Waals surface area contributed by atoms with E-state index in [4.69, 9.17) is 0 Å². The number of hydrogen-bond donors (Lipinski definition) is 0. The molecule has 2 aliphatic rings. The topological polar surface area (TPSA) is 12.9 Å². The van der Waals surface area contributed by atoms with Crippen LogP contribution in [0, 0.1) is 17.7 Å². The SMILES string of the molecule is CC[C@H]1CC[C@H](c2ccc(-c3ccc([C@H]4CC[C@H](CC)CC4)cc3F)nc2)CC1. The molecule has 29 heavy (non-hydrogen) atoms. The molecule has 2 heteroatoms. The summed E-state index contributed by atoms with van der Waals surface area (Å²) < 4.78 is 14.9. The summed E-state index contributed by atoms with van der Waals surface area (Å²) in [5, 5.41) is 0. The van der Waals surface area contributed by atoms with E-state index in [0.717, 1.165) is 17.5 Å². The van der Waals surface area contributed by atoms with Crippen molar-refractivity contribution in [2.75, 3.05) is 0 Å². The van der Waals surface area contributed by atoms with E-state index >= 15 is 0 Å². The van der Waals surface area contributed by atoms with E-state index < -0.39 is 0 Å². The van der Waals surface area contributed by atoms with Crippen LogP contribution in [0.25, 0.3) is 11.3 Å². The van der Waals surface area contributed by atoms with Crippen LogP contribution in [0.2, 0.25) is 0 Å². The van der Waals surface area contributed by atoms with Crippen LogP contribution in [0.3, 0.4) is 0 Å². The Labute approximate surface area is 176 Å². The molecule has 2 aromatic rings. The lowest BCUT2D eigenvalue weighted by atomic mass is 9.77. The summed E-state index contributed by atoms with van der Waals surface area (Å²) in [6.07, 6.45) is 14.7. The maximum absolute atomic E-state index is 14.9. The normalized spacial score (nSPS) is 27.7. The van der Waals surface area contributed by atoms with Crippen molar-refractivity contribution in [3.05, 3.63) is 53.5 Å². The number of rotatable bonds is 5. The minimum absolute atomic E-state index is 0.121. The van der Waals surface area contributed by atoms with Gasteiger partial charge in [0.15, 0.2) is 0 Å². The fourth-order valence-corrected chi connectivity index (χ4v) is 5.61. The molecule has 1 aromatic heterocycles. The summed E-state index contributed by atoms with van der Waals surface area (Å²) in [6.45, 7) is 4.59. The zero-order chi connectivity index (χ0) is 20.2. The smallest absolute Gasteiger partial charge is 0.132 e. The van der Waals surface area contributed by atoms with Crippen LogP contribution in [0.15, 0.2) is 36.5 Å². The van der Waals surface area contributed by atoms with Gasteiger partial charge in [0.1, 0.15) is 5.82 Å². The third-order valence-corrected chi connectivity index (χ3v) is 7.85. The van der Waals surface area contributed by atoms with Gasteiger partial charge in [-0.25, -0.2) is 4.39 Å². The lowest BCUT2D eigenvalue weighted by Gasteiger charge is -2.28. The van der Waals surface area contributed by atoms with Gasteiger partial charge in [-0.3, -0.25) is 4.98 Å². The minimum Gasteiger partial charge on any atom is -0.256 e. The van der Waals surface area contributed by atoms with Crippen LogP contribution < -0.4 is 0 Å². The molecule has 0 amide bonds. The minimum atomic E-state index is -0.121. The number of nitrogens with zero attached hydrogens (tertiary/aromatic N) is 1. The second kappa shape index (κ2) is 9.41. The number of aromatic nitrogens is 1. The predicted molar refractivity (Wildman–Crippen MR) is 120 cm³/mol. The molecule has 0 spiro atoms. The molecule has 2 fully saturated rings. The van der Waals surface area contributed by atoms with Gasteiger partial charge in [-0.1, -0.05) is 38.8 Å². The van der Waals surface area contributed by atoms with E-state index in [0.29, 0.717) is 17.4 Å². The molecule has 0 aliphatic heterocycles. The molecule has 1 heterocycles. The van der Waals surface area contributed by atoms with Crippen LogP contribution >= 0.6 is 0 Å². The standard InChI is InChI=1S/C27H36FN/c1-3-19-5-9-21(10-6-19)23-13-15-25(26(28)17-23)27-16-14-24(18-29-27)22-11-7-20(4-2)8-12-22/h13-22H,3-12H2,1-2H3/t19-,20-,21-,22-. The highest BCUT2D eigenvalue weighted by Crippen LogP contribution is 2.39. The Kier molecular flexibility index (Phi) is 6.67. The molecule has 0 N–H and O–H groups in total. The van der Waals surface area contributed by atoms with Crippen molar-refractivity contribution in [1.29, 1.82) is 0 Å². The van der Waals surface area contributed by atoms with Gasteiger partial charge in [0, 0.05) is 11.8 Å². The molecule has 156 valence electrons. The monoisotopic (exact) mass is 393 g/mol. The zero-order valence-electron chi connectivity index (χ0n) is 18.2. The highest BCUT2D eigenvalue weighted by atomic mass is 19.1. The van der Waals surface area contributed by atoms with Gasteiger partial charge >= 0.3 is 0 Å². The van der Waals surface area contributed by atoms with E-state index in [1.165, 1.54) is 75.3 Å². The van der Waals surface area contributed by atoms with Gasteiger partial charge in [-0.2, -0.15) is 0 Å². The third kappa shape index (κ3) is 4.73. The second-order valence-corrected chi connectivity index (χ2v) is 9.47. The van der Waals surface area contributed by atoms with Gasteiger partial charge in [0.05, 0.1) is 5.69 Å². The Bertz CT molecular complexity index is 781. The van der Waals surface area contributed by atoms with Gasteiger partial charge in [-0.05, 0) is 104 Å². The highest BCUT2D eigenvalue weighted by molar-refractivity contribution is 5.60. The molecule has 0 saturated heterocycles. The quantitative estimate of drug-likeness (QED) is 0.498. The Hall–Kier alpha value is -1.70. The molecule has 0 radical (unpaired) electrons. The highest BCUT2D eigenvalue weighted by Gasteiger charge is 2.23. The Morgan fingerprint density at radius 2 is 1.31 bits per heavy atom. The molecule has 4 rings (SSSR count). The lowest BCUT2D eigenvalue weighted by Crippen LogP contribution is -2.13. The van der Waals surface area contributed by atoms with Crippen molar-refractivity contribution < 1.29 is 4.39 Å². The first-order chi connectivity index (χ1) is 14.2. The summed E-state index contributed by atoms with van der Waals surface area (Å²) in [5.74, 6) is 2.81. The number of benzene rings is 1. The first-order valence-electron chi connectivity index (χ1n) is 11.9. The van der Waals surface area contributed by atoms with Crippen molar-refractivity contribution in [3.63, 3.8) is 0 Å². The Balaban J connectivity index is 1.43. The van der Waals surface area contributed by atoms with Crippen LogP contribution in [-0.4, -0.2) is 4.98 Å². The van der Waals surface area contributed by atoms with Crippen molar-refractivity contribution >= 4 is 0 Å². The van der Waals surface area contributed by atoms with Crippen LogP contribution in [-0.2, 0) is 0 Å².